The van der Waals surface area contributed by atoms with Crippen LogP contribution in [0.3, 0.4) is 0 Å². The first kappa shape index (κ1) is 31.3. The summed E-state index contributed by atoms with van der Waals surface area (Å²) in [4.78, 5) is 24.3. The van der Waals surface area contributed by atoms with Crippen LogP contribution in [0.1, 0.15) is 31.9 Å². The molecule has 222 valence electrons. The number of rotatable bonds is 7. The highest BCUT2D eigenvalue weighted by Crippen LogP contribution is 2.39. The first-order valence-electron chi connectivity index (χ1n) is 12.0. The fourth-order valence-corrected chi connectivity index (χ4v) is 3.74. The normalized spacial score (nSPS) is 17.5. The Hall–Kier alpha value is -4.19. The highest BCUT2D eigenvalue weighted by molar-refractivity contribution is 5.92. The van der Waals surface area contributed by atoms with Gasteiger partial charge in [0, 0.05) is 16.9 Å². The van der Waals surface area contributed by atoms with E-state index in [4.69, 9.17) is 19.5 Å². The molecular formula is C26H26F6N4O5. The highest BCUT2D eigenvalue weighted by Gasteiger charge is 2.51. The van der Waals surface area contributed by atoms with Gasteiger partial charge in [0.1, 0.15) is 18.5 Å². The highest BCUT2D eigenvalue weighted by atomic mass is 19.4. The largest absolute Gasteiger partial charge is 0.491 e. The Balaban J connectivity index is 1.60. The number of carbonyl (C=O) groups excluding carboxylic acids is 2. The number of alkyl halides is 6. The Bertz CT molecular complexity index is 1290. The third-order valence-electron chi connectivity index (χ3n) is 5.43. The topological polar surface area (TPSA) is 113 Å². The molecule has 0 radical (unpaired) electrons. The number of hydrogen-bond donors (Lipinski definition) is 2. The van der Waals surface area contributed by atoms with Gasteiger partial charge in [-0.2, -0.15) is 31.6 Å². The van der Waals surface area contributed by atoms with Crippen molar-refractivity contribution in [2.75, 3.05) is 30.0 Å². The lowest BCUT2D eigenvalue weighted by molar-refractivity contribution is -0.215. The summed E-state index contributed by atoms with van der Waals surface area (Å²) >= 11 is 0. The van der Waals surface area contributed by atoms with Crippen molar-refractivity contribution in [2.45, 2.75) is 51.0 Å². The van der Waals surface area contributed by atoms with Gasteiger partial charge in [0.05, 0.1) is 23.7 Å². The Morgan fingerprint density at radius 1 is 1.07 bits per heavy atom. The van der Waals surface area contributed by atoms with E-state index in [0.717, 1.165) is 12.1 Å². The molecule has 2 aromatic rings. The minimum Gasteiger partial charge on any atom is -0.491 e. The Kier molecular flexibility index (Phi) is 9.27. The molecule has 2 atom stereocenters. The number of nitrogens with zero attached hydrogens (tertiary/aromatic N) is 2. The van der Waals surface area contributed by atoms with Crippen LogP contribution in [0.25, 0.3) is 0 Å². The summed E-state index contributed by atoms with van der Waals surface area (Å²) in [5.74, 6) is -0.399. The smallest absolute Gasteiger partial charge is 0.433 e. The molecule has 1 heterocycles. The van der Waals surface area contributed by atoms with Crippen molar-refractivity contribution in [1.29, 1.82) is 5.26 Å². The summed E-state index contributed by atoms with van der Waals surface area (Å²) in [7, 11) is 0. The van der Waals surface area contributed by atoms with Crippen molar-refractivity contribution in [3.05, 3.63) is 53.6 Å². The quantitative estimate of drug-likeness (QED) is 0.427. The first-order chi connectivity index (χ1) is 19.0. The number of hydrogen-bond acceptors (Lipinski definition) is 7. The molecule has 2 aromatic carbocycles. The average Bonchev–Trinajstić information content (AvgIpc) is 3.30. The number of amides is 2. The van der Waals surface area contributed by atoms with Gasteiger partial charge in [-0.05, 0) is 63.2 Å². The van der Waals surface area contributed by atoms with Crippen molar-refractivity contribution >= 4 is 23.4 Å². The van der Waals surface area contributed by atoms with Crippen molar-refractivity contribution in [2.24, 2.45) is 0 Å². The van der Waals surface area contributed by atoms with Gasteiger partial charge in [0.2, 0.25) is 6.23 Å². The van der Waals surface area contributed by atoms with Crippen molar-refractivity contribution < 1.29 is 50.1 Å². The minimum absolute atomic E-state index is 0.215. The zero-order valence-electron chi connectivity index (χ0n) is 22.0. The number of nitriles is 1. The molecule has 0 unspecified atom stereocenters. The van der Waals surface area contributed by atoms with Gasteiger partial charge in [-0.25, -0.2) is 4.79 Å². The summed E-state index contributed by atoms with van der Waals surface area (Å²) in [5.41, 5.74) is -2.71. The molecule has 1 fully saturated rings. The van der Waals surface area contributed by atoms with Gasteiger partial charge in [0.15, 0.2) is 6.61 Å². The lowest BCUT2D eigenvalue weighted by Crippen LogP contribution is -2.42. The average molecular weight is 589 g/mol. The number of anilines is 2. The van der Waals surface area contributed by atoms with E-state index in [2.05, 4.69) is 10.6 Å². The van der Waals surface area contributed by atoms with Crippen molar-refractivity contribution in [3.8, 4) is 11.8 Å². The molecule has 2 amide bonds. The zero-order chi connectivity index (χ0) is 30.6. The molecular weight excluding hydrogens is 562 g/mol. The molecule has 1 aliphatic heterocycles. The van der Waals surface area contributed by atoms with Gasteiger partial charge in [-0.1, -0.05) is 0 Å². The molecule has 0 aromatic heterocycles. The van der Waals surface area contributed by atoms with Crippen LogP contribution in [0.4, 0.5) is 42.5 Å². The van der Waals surface area contributed by atoms with Crippen LogP contribution in [0.2, 0.25) is 0 Å². The summed E-state index contributed by atoms with van der Waals surface area (Å²) in [6.45, 7) is 3.87. The molecule has 0 spiro atoms. The molecule has 15 heteroatoms. The minimum atomic E-state index is -4.95. The lowest BCUT2D eigenvalue weighted by Gasteiger charge is -2.27. The molecule has 0 aliphatic carbocycles. The van der Waals surface area contributed by atoms with Gasteiger partial charge in [-0.3, -0.25) is 4.79 Å². The first-order valence-corrected chi connectivity index (χ1v) is 12.0. The van der Waals surface area contributed by atoms with Crippen molar-refractivity contribution in [3.63, 3.8) is 0 Å². The van der Waals surface area contributed by atoms with Crippen LogP contribution in [0.15, 0.2) is 42.5 Å². The van der Waals surface area contributed by atoms with E-state index in [1.807, 2.05) is 0 Å². The standard InChI is InChI=1S/C26H26F6N4O5/c1-24(2,3)35-23(38)40-14-21(37)34-16-5-8-18(9-6-16)39-13-19-12-36(22(41-19)26(30,31)32)17-7-4-15(11-33)20(10-17)25(27,28)29/h4-10,19,22H,12-14H2,1-3H3,(H,34,37)(H,35,38)/t19-,22-/m1/s1. The van der Waals surface area contributed by atoms with Crippen molar-refractivity contribution in [1.82, 2.24) is 5.32 Å². The van der Waals surface area contributed by atoms with E-state index in [1.54, 1.807) is 20.8 Å². The second kappa shape index (κ2) is 12.1. The van der Waals surface area contributed by atoms with Crippen LogP contribution in [-0.4, -0.2) is 55.8 Å². The maximum atomic E-state index is 13.7. The molecule has 0 bridgehead atoms. The monoisotopic (exact) mass is 588 g/mol. The van der Waals surface area contributed by atoms with Gasteiger partial charge in [0.25, 0.3) is 5.91 Å². The Morgan fingerprint density at radius 2 is 1.73 bits per heavy atom. The third-order valence-corrected chi connectivity index (χ3v) is 5.43. The zero-order valence-corrected chi connectivity index (χ0v) is 22.0. The van der Waals surface area contributed by atoms with E-state index >= 15 is 0 Å². The number of ether oxygens (including phenoxy) is 3. The molecule has 1 aliphatic rings. The van der Waals surface area contributed by atoms with Crippen LogP contribution in [0.5, 0.6) is 5.75 Å². The molecule has 41 heavy (non-hydrogen) atoms. The molecule has 9 nitrogen and oxygen atoms in total. The summed E-state index contributed by atoms with van der Waals surface area (Å²) in [6.07, 6.45) is -14.3. The van der Waals surface area contributed by atoms with Crippen LogP contribution < -0.4 is 20.3 Å². The van der Waals surface area contributed by atoms with Crippen LogP contribution in [0, 0.1) is 11.3 Å². The van der Waals surface area contributed by atoms with Gasteiger partial charge in [-0.15, -0.1) is 0 Å². The summed E-state index contributed by atoms with van der Waals surface area (Å²) in [5, 5.41) is 14.0. The van der Waals surface area contributed by atoms with Crippen LogP contribution >= 0.6 is 0 Å². The molecule has 2 N–H and O–H groups in total. The van der Waals surface area contributed by atoms with E-state index in [9.17, 15) is 35.9 Å². The molecule has 0 saturated carbocycles. The van der Waals surface area contributed by atoms with E-state index in [1.165, 1.54) is 30.3 Å². The molecule has 3 rings (SSSR count). The summed E-state index contributed by atoms with van der Waals surface area (Å²) in [6, 6.07) is 9.40. The summed E-state index contributed by atoms with van der Waals surface area (Å²) < 4.78 is 96.5. The van der Waals surface area contributed by atoms with E-state index in [0.29, 0.717) is 16.7 Å². The lowest BCUT2D eigenvalue weighted by atomic mass is 10.1. The van der Waals surface area contributed by atoms with E-state index in [-0.39, 0.29) is 12.4 Å². The maximum absolute atomic E-state index is 13.7. The Labute approximate surface area is 231 Å². The number of halogens is 6. The number of benzene rings is 2. The number of nitrogens with one attached hydrogen (secondary N) is 2. The second-order valence-electron chi connectivity index (χ2n) is 9.98. The number of carbonyl (C=O) groups is 2. The Morgan fingerprint density at radius 3 is 2.29 bits per heavy atom. The third kappa shape index (κ3) is 8.90. The SMILES string of the molecule is CC(C)(C)NC(=O)OCC(=O)Nc1ccc(OC[C@H]2CN(c3ccc(C#N)c(C(F)(F)F)c3)[C@@H](C(F)(F)F)O2)cc1. The van der Waals surface area contributed by atoms with E-state index < -0.39 is 72.2 Å². The number of alkyl carbamates (subject to hydrolysis) is 1. The fourth-order valence-electron chi connectivity index (χ4n) is 3.74. The van der Waals surface area contributed by atoms with Gasteiger partial charge < -0.3 is 29.7 Å². The molecule has 1 saturated heterocycles. The second-order valence-corrected chi connectivity index (χ2v) is 9.98. The predicted octanol–water partition coefficient (Wildman–Crippen LogP) is 5.21. The maximum Gasteiger partial charge on any atom is 0.433 e. The van der Waals surface area contributed by atoms with Crippen LogP contribution in [-0.2, 0) is 20.4 Å². The predicted molar refractivity (Wildman–Crippen MR) is 133 cm³/mol. The fraction of sp³-hybridized carbons (Fsp3) is 0.423. The van der Waals surface area contributed by atoms with Gasteiger partial charge >= 0.3 is 18.4 Å².